The highest BCUT2D eigenvalue weighted by atomic mass is 16.7. The van der Waals surface area contributed by atoms with E-state index < -0.39 is 86.8 Å². The molecule has 0 spiro atoms. The van der Waals surface area contributed by atoms with Crippen molar-refractivity contribution in [1.29, 1.82) is 0 Å². The molecule has 0 aliphatic carbocycles. The van der Waals surface area contributed by atoms with E-state index in [1.807, 2.05) is 6.08 Å². The molecule has 2 fully saturated rings. The molecular weight excluding hydrogens is 1160 g/mol. The summed E-state index contributed by atoms with van der Waals surface area (Å²) in [4.78, 5) is 13.4. The molecule has 1 amide bonds. The fourth-order valence-electron chi connectivity index (χ4n) is 13.1. The number of carbonyl (C=O) groups is 1. The number of nitrogens with one attached hydrogen (secondary N) is 1. The quantitative estimate of drug-likeness (QED) is 0.0204. The van der Waals surface area contributed by atoms with Crippen LogP contribution < -0.4 is 5.32 Å². The van der Waals surface area contributed by atoms with Gasteiger partial charge in [0.05, 0.1) is 32.0 Å². The molecule has 0 aromatic carbocycles. The SMILES string of the molecule is CCCCCCCCCCCCCCCCCCCCCCCC/C=C/CC/C=C/CC/C=C/C(O)C(COC1OC(CO)C(OC2OC(CO)C(O)C(O)C2O)C(O)C1O)NC(=O)CCCCCCCCCCCCCCCCCCCCCCCCCCCC. The normalized spacial score (nSPS) is 22.8. The van der Waals surface area contributed by atoms with Gasteiger partial charge in [-0.05, 0) is 44.9 Å². The maximum Gasteiger partial charge on any atom is 0.220 e. The number of rotatable bonds is 66. The number of unbranched alkanes of at least 4 members (excludes halogenated alkanes) is 49. The average molecular weight is 1310 g/mol. The minimum Gasteiger partial charge on any atom is -0.394 e. The Morgan fingerprint density at radius 2 is 0.696 bits per heavy atom. The third-order valence-corrected chi connectivity index (χ3v) is 19.3. The Hall–Kier alpha value is -1.79. The smallest absolute Gasteiger partial charge is 0.220 e. The summed E-state index contributed by atoms with van der Waals surface area (Å²) < 4.78 is 22.9. The summed E-state index contributed by atoms with van der Waals surface area (Å²) >= 11 is 0. The fraction of sp³-hybridized carbons (Fsp3) is 0.910. The van der Waals surface area contributed by atoms with Gasteiger partial charge in [-0.3, -0.25) is 4.79 Å². The number of hydrogen-bond donors (Lipinski definition) is 9. The van der Waals surface area contributed by atoms with Gasteiger partial charge in [0.25, 0.3) is 0 Å². The van der Waals surface area contributed by atoms with Crippen molar-refractivity contribution < 1.29 is 64.6 Å². The average Bonchev–Trinajstić information content (AvgIpc) is 0.846. The zero-order valence-corrected chi connectivity index (χ0v) is 59.3. The summed E-state index contributed by atoms with van der Waals surface area (Å²) in [6.07, 6.45) is 65.2. The van der Waals surface area contributed by atoms with Crippen LogP contribution in [0.15, 0.2) is 36.5 Å². The summed E-state index contributed by atoms with van der Waals surface area (Å²) in [5.74, 6) is -0.246. The van der Waals surface area contributed by atoms with E-state index in [2.05, 4.69) is 43.5 Å². The van der Waals surface area contributed by atoms with Crippen LogP contribution in [0.5, 0.6) is 0 Å². The van der Waals surface area contributed by atoms with Gasteiger partial charge in [-0.15, -0.1) is 0 Å². The molecule has 0 saturated carbocycles. The van der Waals surface area contributed by atoms with Gasteiger partial charge in [-0.1, -0.05) is 346 Å². The third-order valence-electron chi connectivity index (χ3n) is 19.3. The molecule has 12 unspecified atom stereocenters. The van der Waals surface area contributed by atoms with Crippen molar-refractivity contribution in [2.24, 2.45) is 0 Å². The van der Waals surface area contributed by atoms with Gasteiger partial charge in [0.15, 0.2) is 12.6 Å². The van der Waals surface area contributed by atoms with Crippen LogP contribution in [0.25, 0.3) is 0 Å². The van der Waals surface area contributed by atoms with E-state index in [0.717, 1.165) is 44.9 Å². The maximum atomic E-state index is 13.4. The van der Waals surface area contributed by atoms with Crippen LogP contribution in [0.4, 0.5) is 0 Å². The van der Waals surface area contributed by atoms with Crippen molar-refractivity contribution in [3.05, 3.63) is 36.5 Å². The predicted molar refractivity (Wildman–Crippen MR) is 378 cm³/mol. The Morgan fingerprint density at radius 3 is 1.07 bits per heavy atom. The first-order chi connectivity index (χ1) is 45.1. The van der Waals surface area contributed by atoms with Crippen LogP contribution in [0.1, 0.15) is 361 Å². The number of ether oxygens (including phenoxy) is 4. The van der Waals surface area contributed by atoms with E-state index in [4.69, 9.17) is 18.9 Å². The molecule has 2 rings (SSSR count). The van der Waals surface area contributed by atoms with Crippen molar-refractivity contribution in [3.8, 4) is 0 Å². The van der Waals surface area contributed by atoms with Crippen molar-refractivity contribution in [3.63, 3.8) is 0 Å². The van der Waals surface area contributed by atoms with Gasteiger partial charge >= 0.3 is 0 Å². The largest absolute Gasteiger partial charge is 0.394 e. The Labute approximate surface area is 563 Å². The highest BCUT2D eigenvalue weighted by Crippen LogP contribution is 2.30. The topological polar surface area (TPSA) is 228 Å². The van der Waals surface area contributed by atoms with E-state index in [9.17, 15) is 45.6 Å². The number of aliphatic hydroxyl groups is 8. The van der Waals surface area contributed by atoms with E-state index in [-0.39, 0.29) is 18.9 Å². The summed E-state index contributed by atoms with van der Waals surface area (Å²) in [6.45, 7) is 2.84. The second kappa shape index (κ2) is 62.7. The molecule has 2 saturated heterocycles. The van der Waals surface area contributed by atoms with E-state index in [0.29, 0.717) is 12.8 Å². The summed E-state index contributed by atoms with van der Waals surface area (Å²) in [5.41, 5.74) is 0. The number of carbonyl (C=O) groups excluding carboxylic acids is 1. The van der Waals surface area contributed by atoms with Crippen molar-refractivity contribution >= 4 is 5.91 Å². The third kappa shape index (κ3) is 45.7. The van der Waals surface area contributed by atoms with Gasteiger partial charge in [0.2, 0.25) is 5.91 Å². The summed E-state index contributed by atoms with van der Waals surface area (Å²) in [6, 6.07) is -0.938. The van der Waals surface area contributed by atoms with Crippen LogP contribution in [0, 0.1) is 0 Å². The molecular formula is C78H147NO13. The van der Waals surface area contributed by atoms with Gasteiger partial charge in [-0.2, -0.15) is 0 Å². The maximum absolute atomic E-state index is 13.4. The molecule has 2 aliphatic rings. The molecule has 0 bridgehead atoms. The number of hydrogen-bond acceptors (Lipinski definition) is 13. The molecule has 542 valence electrons. The number of amides is 1. The van der Waals surface area contributed by atoms with Crippen molar-refractivity contribution in [2.45, 2.75) is 434 Å². The van der Waals surface area contributed by atoms with Gasteiger partial charge in [0.1, 0.15) is 48.8 Å². The van der Waals surface area contributed by atoms with Crippen LogP contribution >= 0.6 is 0 Å². The molecule has 92 heavy (non-hydrogen) atoms. The lowest BCUT2D eigenvalue weighted by atomic mass is 9.97. The van der Waals surface area contributed by atoms with Crippen molar-refractivity contribution in [2.75, 3.05) is 19.8 Å². The lowest BCUT2D eigenvalue weighted by Crippen LogP contribution is -2.65. The van der Waals surface area contributed by atoms with E-state index >= 15 is 0 Å². The standard InChI is InChI=1S/C78H147NO13/c1-3-5-7-9-11-13-15-17-19-21-23-25-27-29-31-32-33-34-35-36-37-39-41-43-45-47-49-51-53-55-57-59-61-67(82)66(65-89-77-75(88)73(86)76(69(64-81)91-77)92-78-74(87)72(85)71(84)68(63-80)90-78)79-70(83)62-60-58-56-54-52-50-48-46-44-42-40-38-30-28-26-24-22-20-18-16-14-12-10-8-6-4-2/h43,45,51,53,59,61,66-69,71-78,80-82,84-88H,3-42,44,46-50,52,54-58,60,62-65H2,1-2H3,(H,79,83)/b45-43+,53-51+,61-59+. The van der Waals surface area contributed by atoms with Gasteiger partial charge < -0.3 is 65.1 Å². The monoisotopic (exact) mass is 1310 g/mol. The predicted octanol–water partition coefficient (Wildman–Crippen LogP) is 17.2. The van der Waals surface area contributed by atoms with Crippen LogP contribution in [-0.4, -0.2) is 140 Å². The first-order valence-corrected chi connectivity index (χ1v) is 39.2. The molecule has 2 heterocycles. The minimum atomic E-state index is -1.79. The highest BCUT2D eigenvalue weighted by Gasteiger charge is 2.51. The summed E-state index contributed by atoms with van der Waals surface area (Å²) in [5, 5.41) is 87.6. The molecule has 14 heteroatoms. The number of allylic oxidation sites excluding steroid dienone is 5. The van der Waals surface area contributed by atoms with Gasteiger partial charge in [-0.25, -0.2) is 0 Å². The Balaban J connectivity index is 1.65. The minimum absolute atomic E-state index is 0.246. The molecule has 0 radical (unpaired) electrons. The second-order valence-electron chi connectivity index (χ2n) is 27.8. The molecule has 9 N–H and O–H groups in total. The molecule has 2 aliphatic heterocycles. The highest BCUT2D eigenvalue weighted by molar-refractivity contribution is 5.76. The molecule has 14 nitrogen and oxygen atoms in total. The Bertz CT molecular complexity index is 1680. The molecule has 0 aromatic rings. The van der Waals surface area contributed by atoms with Crippen molar-refractivity contribution in [1.82, 2.24) is 5.32 Å². The van der Waals surface area contributed by atoms with Gasteiger partial charge in [0, 0.05) is 6.42 Å². The lowest BCUT2D eigenvalue weighted by molar-refractivity contribution is -0.359. The number of aliphatic hydroxyl groups excluding tert-OH is 8. The zero-order chi connectivity index (χ0) is 66.6. The first kappa shape index (κ1) is 86.3. The van der Waals surface area contributed by atoms with Crippen LogP contribution in [0.2, 0.25) is 0 Å². The Kier molecular flexibility index (Phi) is 58.8. The lowest BCUT2D eigenvalue weighted by Gasteiger charge is -2.46. The second-order valence-corrected chi connectivity index (χ2v) is 27.8. The summed E-state index contributed by atoms with van der Waals surface area (Å²) in [7, 11) is 0. The fourth-order valence-corrected chi connectivity index (χ4v) is 13.1. The molecule has 12 atom stereocenters. The van der Waals surface area contributed by atoms with E-state index in [1.165, 1.54) is 283 Å². The van der Waals surface area contributed by atoms with Crippen LogP contribution in [-0.2, 0) is 23.7 Å². The molecule has 0 aromatic heterocycles. The first-order valence-electron chi connectivity index (χ1n) is 39.2. The van der Waals surface area contributed by atoms with Crippen LogP contribution in [0.3, 0.4) is 0 Å². The zero-order valence-electron chi connectivity index (χ0n) is 59.3. The van der Waals surface area contributed by atoms with E-state index in [1.54, 1.807) is 6.08 Å². The Morgan fingerprint density at radius 1 is 0.380 bits per heavy atom.